The van der Waals surface area contributed by atoms with Crippen molar-refractivity contribution in [1.29, 1.82) is 0 Å². The predicted octanol–water partition coefficient (Wildman–Crippen LogP) is 3.37. The maximum atomic E-state index is 13.5. The van der Waals surface area contributed by atoms with Crippen LogP contribution in [-0.4, -0.2) is 24.0 Å². The summed E-state index contributed by atoms with van der Waals surface area (Å²) in [6, 6.07) is 4.27. The van der Waals surface area contributed by atoms with E-state index in [1.54, 1.807) is 6.92 Å². The van der Waals surface area contributed by atoms with Crippen LogP contribution in [0, 0.1) is 18.7 Å². The predicted molar refractivity (Wildman–Crippen MR) is 85.6 cm³/mol. The molecule has 4 nitrogen and oxygen atoms in total. The summed E-state index contributed by atoms with van der Waals surface area (Å²) in [4.78, 5) is 24.2. The van der Waals surface area contributed by atoms with Crippen molar-refractivity contribution in [2.45, 2.75) is 58.6 Å². The summed E-state index contributed by atoms with van der Waals surface area (Å²) in [7, 11) is 0. The number of rotatable bonds is 4. The Morgan fingerprint density at radius 3 is 2.65 bits per heavy atom. The number of nitrogens with one attached hydrogen (secondary N) is 1. The second-order valence-electron chi connectivity index (χ2n) is 6.39. The van der Waals surface area contributed by atoms with Crippen LogP contribution >= 0.6 is 0 Å². The SMILES string of the molecule is Cc1ccc(C(=O)O[C@H](C)C(=O)N[C@H]2CCCC[C@@H]2C)cc1F. The van der Waals surface area contributed by atoms with Crippen LogP contribution in [0.3, 0.4) is 0 Å². The van der Waals surface area contributed by atoms with Crippen LogP contribution in [0.25, 0.3) is 0 Å². The Bertz CT molecular complexity index is 588. The highest BCUT2D eigenvalue weighted by Gasteiger charge is 2.26. The van der Waals surface area contributed by atoms with Gasteiger partial charge in [-0.05, 0) is 50.3 Å². The molecule has 0 aliphatic heterocycles. The first kappa shape index (κ1) is 17.4. The zero-order valence-electron chi connectivity index (χ0n) is 13.9. The van der Waals surface area contributed by atoms with Gasteiger partial charge in [-0.1, -0.05) is 25.8 Å². The molecule has 1 amide bonds. The van der Waals surface area contributed by atoms with Crippen LogP contribution in [0.4, 0.5) is 4.39 Å². The summed E-state index contributed by atoms with van der Waals surface area (Å²) in [6.45, 7) is 5.27. The van der Waals surface area contributed by atoms with Crippen molar-refractivity contribution >= 4 is 11.9 Å². The third-order valence-corrected chi connectivity index (χ3v) is 4.50. The lowest BCUT2D eigenvalue weighted by Gasteiger charge is -2.30. The number of halogens is 1. The van der Waals surface area contributed by atoms with Gasteiger partial charge in [0.1, 0.15) is 5.82 Å². The van der Waals surface area contributed by atoms with E-state index >= 15 is 0 Å². The van der Waals surface area contributed by atoms with Gasteiger partial charge in [0.2, 0.25) is 0 Å². The lowest BCUT2D eigenvalue weighted by Crippen LogP contribution is -2.46. The van der Waals surface area contributed by atoms with E-state index in [0.29, 0.717) is 11.5 Å². The largest absolute Gasteiger partial charge is 0.449 e. The lowest BCUT2D eigenvalue weighted by atomic mass is 9.86. The van der Waals surface area contributed by atoms with Crippen LogP contribution in [0.5, 0.6) is 0 Å². The molecule has 126 valence electrons. The molecule has 1 fully saturated rings. The van der Waals surface area contributed by atoms with E-state index in [2.05, 4.69) is 12.2 Å². The van der Waals surface area contributed by atoms with E-state index < -0.39 is 17.9 Å². The highest BCUT2D eigenvalue weighted by Crippen LogP contribution is 2.23. The van der Waals surface area contributed by atoms with E-state index in [0.717, 1.165) is 25.3 Å². The van der Waals surface area contributed by atoms with Crippen LogP contribution in [0.15, 0.2) is 18.2 Å². The molecule has 0 spiro atoms. The van der Waals surface area contributed by atoms with Crippen molar-refractivity contribution < 1.29 is 18.7 Å². The van der Waals surface area contributed by atoms with Gasteiger partial charge in [0.05, 0.1) is 5.56 Å². The average molecular weight is 321 g/mol. The van der Waals surface area contributed by atoms with E-state index in [9.17, 15) is 14.0 Å². The number of hydrogen-bond donors (Lipinski definition) is 1. The molecule has 0 radical (unpaired) electrons. The minimum Gasteiger partial charge on any atom is -0.449 e. The molecule has 23 heavy (non-hydrogen) atoms. The summed E-state index contributed by atoms with van der Waals surface area (Å²) in [5.41, 5.74) is 0.567. The van der Waals surface area contributed by atoms with Crippen LogP contribution in [-0.2, 0) is 9.53 Å². The molecule has 1 saturated carbocycles. The monoisotopic (exact) mass is 321 g/mol. The number of aryl methyl sites for hydroxylation is 1. The molecule has 0 aromatic heterocycles. The smallest absolute Gasteiger partial charge is 0.339 e. The van der Waals surface area contributed by atoms with Gasteiger partial charge < -0.3 is 10.1 Å². The second-order valence-corrected chi connectivity index (χ2v) is 6.39. The van der Waals surface area contributed by atoms with E-state index in [-0.39, 0.29) is 17.5 Å². The van der Waals surface area contributed by atoms with Crippen LogP contribution < -0.4 is 5.32 Å². The number of ether oxygens (including phenoxy) is 1. The Hall–Kier alpha value is -1.91. The number of hydrogen-bond acceptors (Lipinski definition) is 3. The fourth-order valence-electron chi connectivity index (χ4n) is 2.83. The van der Waals surface area contributed by atoms with Gasteiger partial charge in [-0.25, -0.2) is 9.18 Å². The molecule has 1 aliphatic rings. The van der Waals surface area contributed by atoms with Gasteiger partial charge in [0.15, 0.2) is 6.10 Å². The van der Waals surface area contributed by atoms with Crippen molar-refractivity contribution in [3.05, 3.63) is 35.1 Å². The highest BCUT2D eigenvalue weighted by atomic mass is 19.1. The molecule has 2 rings (SSSR count). The number of esters is 1. The third-order valence-electron chi connectivity index (χ3n) is 4.50. The summed E-state index contributed by atoms with van der Waals surface area (Å²) < 4.78 is 18.7. The summed E-state index contributed by atoms with van der Waals surface area (Å²) >= 11 is 0. The fourth-order valence-corrected chi connectivity index (χ4v) is 2.83. The van der Waals surface area contributed by atoms with Crippen molar-refractivity contribution in [3.8, 4) is 0 Å². The summed E-state index contributed by atoms with van der Waals surface area (Å²) in [5, 5.41) is 2.96. The molecule has 0 unspecified atom stereocenters. The van der Waals surface area contributed by atoms with Gasteiger partial charge in [-0.15, -0.1) is 0 Å². The van der Waals surface area contributed by atoms with Crippen molar-refractivity contribution in [2.75, 3.05) is 0 Å². The van der Waals surface area contributed by atoms with E-state index in [4.69, 9.17) is 4.74 Å². The third kappa shape index (κ3) is 4.53. The molecule has 3 atom stereocenters. The van der Waals surface area contributed by atoms with Gasteiger partial charge in [-0.2, -0.15) is 0 Å². The minimum atomic E-state index is -0.902. The quantitative estimate of drug-likeness (QED) is 0.865. The standard InChI is InChI=1S/C18H24FNO3/c1-11-8-9-14(10-15(11)19)18(22)23-13(3)17(21)20-16-7-5-4-6-12(16)2/h8-10,12-13,16H,4-7H2,1-3H3,(H,20,21)/t12-,13+,16-/m0/s1. The Morgan fingerprint density at radius 2 is 2.00 bits per heavy atom. The number of carbonyl (C=O) groups excluding carboxylic acids is 2. The lowest BCUT2D eigenvalue weighted by molar-refractivity contribution is -0.130. The number of carbonyl (C=O) groups is 2. The molecule has 1 aromatic carbocycles. The Balaban J connectivity index is 1.92. The first-order valence-corrected chi connectivity index (χ1v) is 8.16. The molecule has 5 heteroatoms. The topological polar surface area (TPSA) is 55.4 Å². The maximum Gasteiger partial charge on any atom is 0.339 e. The maximum absolute atomic E-state index is 13.5. The first-order valence-electron chi connectivity index (χ1n) is 8.16. The van der Waals surface area contributed by atoms with Crippen molar-refractivity contribution in [2.24, 2.45) is 5.92 Å². The molecular weight excluding hydrogens is 297 g/mol. The fraction of sp³-hybridized carbons (Fsp3) is 0.556. The first-order chi connectivity index (χ1) is 10.9. The second kappa shape index (κ2) is 7.57. The number of amides is 1. The molecule has 0 bridgehead atoms. The van der Waals surface area contributed by atoms with Crippen molar-refractivity contribution in [3.63, 3.8) is 0 Å². The molecule has 0 heterocycles. The Labute approximate surface area is 136 Å². The molecule has 1 aromatic rings. The van der Waals surface area contributed by atoms with Crippen molar-refractivity contribution in [1.82, 2.24) is 5.32 Å². The number of benzene rings is 1. The van der Waals surface area contributed by atoms with Gasteiger partial charge in [0.25, 0.3) is 5.91 Å². The zero-order valence-corrected chi connectivity index (χ0v) is 13.9. The highest BCUT2D eigenvalue weighted by molar-refractivity contribution is 5.92. The van der Waals surface area contributed by atoms with E-state index in [1.165, 1.54) is 25.5 Å². The molecule has 0 saturated heterocycles. The molecular formula is C18H24FNO3. The average Bonchev–Trinajstić information content (AvgIpc) is 2.52. The molecule has 1 aliphatic carbocycles. The Kier molecular flexibility index (Phi) is 5.74. The van der Waals surface area contributed by atoms with Crippen LogP contribution in [0.2, 0.25) is 0 Å². The molecule has 1 N–H and O–H groups in total. The normalized spacial score (nSPS) is 22.3. The van der Waals surface area contributed by atoms with Gasteiger partial charge in [-0.3, -0.25) is 4.79 Å². The minimum absolute atomic E-state index is 0.110. The summed E-state index contributed by atoms with van der Waals surface area (Å²) in [6.07, 6.45) is 3.45. The zero-order chi connectivity index (χ0) is 17.0. The van der Waals surface area contributed by atoms with Gasteiger partial charge in [0, 0.05) is 6.04 Å². The van der Waals surface area contributed by atoms with Crippen LogP contribution in [0.1, 0.15) is 55.5 Å². The van der Waals surface area contributed by atoms with Gasteiger partial charge >= 0.3 is 5.97 Å². The Morgan fingerprint density at radius 1 is 1.30 bits per heavy atom. The van der Waals surface area contributed by atoms with E-state index in [1.807, 2.05) is 0 Å². The summed E-state index contributed by atoms with van der Waals surface area (Å²) in [5.74, 6) is -1.03.